The largest absolute Gasteiger partial charge is 0.478 e. The molecule has 8 heteroatoms. The Bertz CT molecular complexity index is 366. The van der Waals surface area contributed by atoms with Crippen LogP contribution >= 0.6 is 0 Å². The van der Waals surface area contributed by atoms with Crippen molar-refractivity contribution in [3.8, 4) is 0 Å². The summed E-state index contributed by atoms with van der Waals surface area (Å²) in [7, 11) is 0. The zero-order valence-electron chi connectivity index (χ0n) is 11.0. The molecule has 0 spiro atoms. The smallest absolute Gasteiger partial charge is 0.349 e. The van der Waals surface area contributed by atoms with E-state index in [0.717, 1.165) is 13.8 Å². The molecule has 0 aromatic carbocycles. The molecule has 1 amide bonds. The highest BCUT2D eigenvalue weighted by atomic mass is 16.6. The number of ether oxygens (including phenoxy) is 2. The Kier molecular flexibility index (Phi) is 7.16. The fraction of sp³-hybridized carbons (Fsp3) is 0.636. The zero-order valence-corrected chi connectivity index (χ0v) is 11.0. The first-order valence-electron chi connectivity index (χ1n) is 5.64. The molecule has 2 N–H and O–H groups in total. The van der Waals surface area contributed by atoms with Gasteiger partial charge in [0, 0.05) is 20.4 Å². The first kappa shape index (κ1) is 16.9. The lowest BCUT2D eigenvalue weighted by molar-refractivity contribution is -0.180. The third-order valence-electron chi connectivity index (χ3n) is 1.91. The maximum Gasteiger partial charge on any atom is 0.349 e. The van der Waals surface area contributed by atoms with Gasteiger partial charge < -0.3 is 19.9 Å². The molecule has 8 nitrogen and oxygen atoms in total. The van der Waals surface area contributed by atoms with E-state index in [1.165, 1.54) is 0 Å². The van der Waals surface area contributed by atoms with E-state index in [9.17, 15) is 19.2 Å². The second-order valence-electron chi connectivity index (χ2n) is 3.69. The van der Waals surface area contributed by atoms with E-state index < -0.39 is 36.0 Å². The van der Waals surface area contributed by atoms with Crippen LogP contribution in [-0.4, -0.2) is 47.7 Å². The number of rotatable bonds is 7. The summed E-state index contributed by atoms with van der Waals surface area (Å²) in [5, 5.41) is 11.3. The Hall–Kier alpha value is -2.12. The van der Waals surface area contributed by atoms with Gasteiger partial charge >= 0.3 is 17.9 Å². The predicted octanol–water partition coefficient (Wildman–Crippen LogP) is -0.539. The van der Waals surface area contributed by atoms with Crippen molar-refractivity contribution in [2.24, 2.45) is 0 Å². The molecule has 0 saturated heterocycles. The first-order chi connectivity index (χ1) is 8.79. The lowest BCUT2D eigenvalue weighted by atomic mass is 10.2. The number of amides is 1. The Morgan fingerprint density at radius 3 is 1.89 bits per heavy atom. The predicted molar refractivity (Wildman–Crippen MR) is 62.0 cm³/mol. The number of carbonyl (C=O) groups excluding carboxylic acids is 3. The van der Waals surface area contributed by atoms with Gasteiger partial charge in [0.15, 0.2) is 0 Å². The van der Waals surface area contributed by atoms with Crippen LogP contribution in [0.3, 0.4) is 0 Å². The Balaban J connectivity index is 5.04. The molecule has 0 heterocycles. The van der Waals surface area contributed by atoms with E-state index in [-0.39, 0.29) is 6.54 Å². The van der Waals surface area contributed by atoms with E-state index in [0.29, 0.717) is 6.42 Å². The van der Waals surface area contributed by atoms with Crippen LogP contribution < -0.4 is 5.32 Å². The SMILES string of the molecule is CCCNC(=O)C(OC(C)=O)C(OC(C)=O)C(=O)O. The molecule has 0 aromatic heterocycles. The number of carbonyl (C=O) groups is 4. The van der Waals surface area contributed by atoms with Gasteiger partial charge in [0.2, 0.25) is 12.2 Å². The van der Waals surface area contributed by atoms with Gasteiger partial charge in [0.1, 0.15) is 0 Å². The van der Waals surface area contributed by atoms with Crippen molar-refractivity contribution < 1.29 is 33.8 Å². The van der Waals surface area contributed by atoms with Crippen molar-refractivity contribution >= 4 is 23.8 Å². The molecular formula is C11H17NO7. The van der Waals surface area contributed by atoms with Crippen molar-refractivity contribution in [1.82, 2.24) is 5.32 Å². The average molecular weight is 275 g/mol. The highest BCUT2D eigenvalue weighted by Crippen LogP contribution is 2.07. The van der Waals surface area contributed by atoms with Crippen LogP contribution in [0.1, 0.15) is 27.2 Å². The Morgan fingerprint density at radius 2 is 1.53 bits per heavy atom. The van der Waals surface area contributed by atoms with Crippen LogP contribution in [0.15, 0.2) is 0 Å². The molecule has 0 saturated carbocycles. The summed E-state index contributed by atoms with van der Waals surface area (Å²) in [4.78, 5) is 44.4. The molecule has 0 rings (SSSR count). The van der Waals surface area contributed by atoms with Gasteiger partial charge in [-0.2, -0.15) is 0 Å². The van der Waals surface area contributed by atoms with E-state index in [1.807, 2.05) is 0 Å². The highest BCUT2D eigenvalue weighted by Gasteiger charge is 2.39. The van der Waals surface area contributed by atoms with Crippen molar-refractivity contribution in [3.05, 3.63) is 0 Å². The first-order valence-corrected chi connectivity index (χ1v) is 5.64. The van der Waals surface area contributed by atoms with E-state index >= 15 is 0 Å². The quantitative estimate of drug-likeness (QED) is 0.599. The third kappa shape index (κ3) is 6.39. The van der Waals surface area contributed by atoms with E-state index in [1.54, 1.807) is 6.92 Å². The molecule has 0 bridgehead atoms. The fourth-order valence-corrected chi connectivity index (χ4v) is 1.20. The van der Waals surface area contributed by atoms with Crippen molar-refractivity contribution in [2.75, 3.05) is 6.54 Å². The fourth-order valence-electron chi connectivity index (χ4n) is 1.20. The van der Waals surface area contributed by atoms with Crippen LogP contribution in [0.4, 0.5) is 0 Å². The van der Waals surface area contributed by atoms with Crippen LogP contribution in [0.5, 0.6) is 0 Å². The number of carboxylic acids is 1. The molecule has 0 fully saturated rings. The summed E-state index contributed by atoms with van der Waals surface area (Å²) in [5.74, 6) is -4.15. The Morgan fingerprint density at radius 1 is 1.05 bits per heavy atom. The molecule has 19 heavy (non-hydrogen) atoms. The van der Waals surface area contributed by atoms with Crippen LogP contribution in [0.25, 0.3) is 0 Å². The summed E-state index contributed by atoms with van der Waals surface area (Å²) in [5.41, 5.74) is 0. The molecule has 0 aromatic rings. The second kappa shape index (κ2) is 8.06. The molecule has 0 aliphatic carbocycles. The summed E-state index contributed by atoms with van der Waals surface area (Å²) in [6.07, 6.45) is -2.98. The van der Waals surface area contributed by atoms with E-state index in [4.69, 9.17) is 5.11 Å². The summed E-state index contributed by atoms with van der Waals surface area (Å²) < 4.78 is 9.12. The minimum absolute atomic E-state index is 0.281. The molecule has 0 aliphatic heterocycles. The summed E-state index contributed by atoms with van der Waals surface area (Å²) in [6, 6.07) is 0. The van der Waals surface area contributed by atoms with Gasteiger partial charge in [0.05, 0.1) is 0 Å². The van der Waals surface area contributed by atoms with Gasteiger partial charge in [0.25, 0.3) is 5.91 Å². The highest BCUT2D eigenvalue weighted by molar-refractivity contribution is 5.90. The lowest BCUT2D eigenvalue weighted by Crippen LogP contribution is -2.50. The van der Waals surface area contributed by atoms with Gasteiger partial charge in [-0.05, 0) is 6.42 Å². The van der Waals surface area contributed by atoms with Gasteiger partial charge in [-0.3, -0.25) is 14.4 Å². The second-order valence-corrected chi connectivity index (χ2v) is 3.69. The molecule has 2 atom stereocenters. The number of hydrogen-bond donors (Lipinski definition) is 2. The number of aliphatic carboxylic acids is 1. The monoisotopic (exact) mass is 275 g/mol. The van der Waals surface area contributed by atoms with Crippen LogP contribution in [-0.2, 0) is 28.7 Å². The third-order valence-corrected chi connectivity index (χ3v) is 1.91. The normalized spacial score (nSPS) is 13.0. The van der Waals surface area contributed by atoms with Gasteiger partial charge in [-0.25, -0.2) is 4.79 Å². The van der Waals surface area contributed by atoms with Crippen molar-refractivity contribution in [3.63, 3.8) is 0 Å². The summed E-state index contributed by atoms with van der Waals surface area (Å²) >= 11 is 0. The molecular weight excluding hydrogens is 258 g/mol. The van der Waals surface area contributed by atoms with Crippen LogP contribution in [0, 0.1) is 0 Å². The van der Waals surface area contributed by atoms with Gasteiger partial charge in [-0.1, -0.05) is 6.92 Å². The van der Waals surface area contributed by atoms with E-state index in [2.05, 4.69) is 14.8 Å². The topological polar surface area (TPSA) is 119 Å². The number of esters is 2. The zero-order chi connectivity index (χ0) is 15.0. The molecule has 108 valence electrons. The van der Waals surface area contributed by atoms with Crippen LogP contribution in [0.2, 0.25) is 0 Å². The minimum atomic E-state index is -1.88. The molecule has 0 radical (unpaired) electrons. The molecule has 2 unspecified atom stereocenters. The van der Waals surface area contributed by atoms with Crippen molar-refractivity contribution in [1.29, 1.82) is 0 Å². The number of nitrogens with one attached hydrogen (secondary N) is 1. The minimum Gasteiger partial charge on any atom is -0.478 e. The Labute approximate surface area is 110 Å². The number of carboxylic acid groups (broad SMARTS) is 1. The summed E-state index contributed by atoms with van der Waals surface area (Å²) in [6.45, 7) is 4.09. The standard InChI is InChI=1S/C11H17NO7/c1-4-5-12-10(15)8(18-6(2)13)9(11(16)17)19-7(3)14/h8-9H,4-5H2,1-3H3,(H,12,15)(H,16,17). The number of hydrogen-bond acceptors (Lipinski definition) is 6. The van der Waals surface area contributed by atoms with Crippen molar-refractivity contribution in [2.45, 2.75) is 39.4 Å². The van der Waals surface area contributed by atoms with Gasteiger partial charge in [-0.15, -0.1) is 0 Å². The molecule has 0 aliphatic rings. The lowest BCUT2D eigenvalue weighted by Gasteiger charge is -2.22. The average Bonchev–Trinajstić information content (AvgIpc) is 2.29. The maximum atomic E-state index is 11.7. The maximum absolute atomic E-state index is 11.7.